The van der Waals surface area contributed by atoms with Gasteiger partial charge in [-0.25, -0.2) is 8.42 Å². The van der Waals surface area contributed by atoms with Crippen molar-refractivity contribution in [1.29, 1.82) is 0 Å². The number of nitrogens with zero attached hydrogens (tertiary/aromatic N) is 1. The van der Waals surface area contributed by atoms with Crippen molar-refractivity contribution in [2.45, 2.75) is 17.2 Å². The molecule has 1 heterocycles. The van der Waals surface area contributed by atoms with Gasteiger partial charge in [0.05, 0.1) is 10.3 Å². The molecule has 0 spiro atoms. The van der Waals surface area contributed by atoms with Gasteiger partial charge in [-0.15, -0.1) is 11.8 Å². The van der Waals surface area contributed by atoms with Gasteiger partial charge in [0.2, 0.25) is 10.0 Å². The zero-order valence-corrected chi connectivity index (χ0v) is 15.3. The van der Waals surface area contributed by atoms with E-state index >= 15 is 0 Å². The van der Waals surface area contributed by atoms with Crippen LogP contribution >= 0.6 is 27.7 Å². The van der Waals surface area contributed by atoms with E-state index in [9.17, 15) is 8.42 Å². The second-order valence-corrected chi connectivity index (χ2v) is 9.20. The van der Waals surface area contributed by atoms with Crippen LogP contribution in [-0.2, 0) is 10.0 Å². The molecule has 22 heavy (non-hydrogen) atoms. The maximum absolute atomic E-state index is 12.9. The first kappa shape index (κ1) is 16.1. The minimum Gasteiger partial charge on any atom is -0.207 e. The fourth-order valence-electron chi connectivity index (χ4n) is 2.44. The summed E-state index contributed by atoms with van der Waals surface area (Å²) in [4.78, 5) is 0.364. The first-order valence-electron chi connectivity index (χ1n) is 6.94. The highest BCUT2D eigenvalue weighted by Crippen LogP contribution is 2.41. The number of hydrogen-bond acceptors (Lipinski definition) is 3. The van der Waals surface area contributed by atoms with E-state index < -0.39 is 10.0 Å². The number of aryl methyl sites for hydroxylation is 1. The summed E-state index contributed by atoms with van der Waals surface area (Å²) >= 11 is 5.08. The summed E-state index contributed by atoms with van der Waals surface area (Å²) in [5.74, 6) is 0.811. The Morgan fingerprint density at radius 1 is 1.09 bits per heavy atom. The van der Waals surface area contributed by atoms with Crippen LogP contribution in [-0.4, -0.2) is 25.0 Å². The standard InChI is InChI=1S/C16H16BrNO2S2/c1-12-2-8-15(9-3-12)22(19,20)18-10-11-21-16(18)13-4-6-14(17)7-5-13/h2-9,16H,10-11H2,1H3. The molecule has 0 aromatic heterocycles. The van der Waals surface area contributed by atoms with Gasteiger partial charge in [-0.1, -0.05) is 45.8 Å². The van der Waals surface area contributed by atoms with Crippen LogP contribution in [0.4, 0.5) is 0 Å². The smallest absolute Gasteiger partial charge is 0.207 e. The maximum atomic E-state index is 12.9. The predicted molar refractivity (Wildman–Crippen MR) is 94.4 cm³/mol. The summed E-state index contributed by atoms with van der Waals surface area (Å²) in [7, 11) is -3.46. The largest absolute Gasteiger partial charge is 0.244 e. The van der Waals surface area contributed by atoms with Crippen LogP contribution in [0.1, 0.15) is 16.5 Å². The molecule has 0 amide bonds. The number of rotatable bonds is 3. The van der Waals surface area contributed by atoms with E-state index in [0.29, 0.717) is 11.4 Å². The molecule has 0 saturated carbocycles. The molecule has 1 saturated heterocycles. The summed E-state index contributed by atoms with van der Waals surface area (Å²) in [5.41, 5.74) is 2.07. The van der Waals surface area contributed by atoms with E-state index in [2.05, 4.69) is 15.9 Å². The molecule has 1 aliphatic rings. The SMILES string of the molecule is Cc1ccc(S(=O)(=O)N2CCSC2c2ccc(Br)cc2)cc1. The second-order valence-electron chi connectivity index (χ2n) is 5.20. The molecule has 3 rings (SSSR count). The van der Waals surface area contributed by atoms with Crippen molar-refractivity contribution in [3.8, 4) is 0 Å². The Labute approximate surface area is 143 Å². The molecule has 2 aromatic rings. The molecule has 1 atom stereocenters. The van der Waals surface area contributed by atoms with Crippen molar-refractivity contribution in [3.05, 3.63) is 64.1 Å². The van der Waals surface area contributed by atoms with Gasteiger partial charge in [0, 0.05) is 16.8 Å². The van der Waals surface area contributed by atoms with Crippen LogP contribution in [0, 0.1) is 6.92 Å². The van der Waals surface area contributed by atoms with Gasteiger partial charge in [0.25, 0.3) is 0 Å². The topological polar surface area (TPSA) is 37.4 Å². The summed E-state index contributed by atoms with van der Waals surface area (Å²) < 4.78 is 28.4. The lowest BCUT2D eigenvalue weighted by Crippen LogP contribution is -2.30. The Balaban J connectivity index is 1.95. The van der Waals surface area contributed by atoms with Gasteiger partial charge in [-0.3, -0.25) is 0 Å². The Bertz CT molecular complexity index is 758. The van der Waals surface area contributed by atoms with Gasteiger partial charge >= 0.3 is 0 Å². The summed E-state index contributed by atoms with van der Waals surface area (Å²) in [6.07, 6.45) is 0. The Hall–Kier alpha value is -0.820. The van der Waals surface area contributed by atoms with E-state index in [1.54, 1.807) is 28.2 Å². The van der Waals surface area contributed by atoms with E-state index in [0.717, 1.165) is 21.4 Å². The number of hydrogen-bond donors (Lipinski definition) is 0. The van der Waals surface area contributed by atoms with Gasteiger partial charge in [-0.05, 0) is 36.8 Å². The highest BCUT2D eigenvalue weighted by molar-refractivity contribution is 9.10. The first-order chi connectivity index (χ1) is 10.5. The fraction of sp³-hybridized carbons (Fsp3) is 0.250. The quantitative estimate of drug-likeness (QED) is 0.778. The van der Waals surface area contributed by atoms with Gasteiger partial charge < -0.3 is 0 Å². The molecular formula is C16H16BrNO2S2. The van der Waals surface area contributed by atoms with Crippen LogP contribution in [0.3, 0.4) is 0 Å². The number of sulfonamides is 1. The average Bonchev–Trinajstić information content (AvgIpc) is 2.99. The Morgan fingerprint density at radius 2 is 1.73 bits per heavy atom. The third-order valence-electron chi connectivity index (χ3n) is 3.63. The number of thioether (sulfide) groups is 1. The molecule has 6 heteroatoms. The third-order valence-corrected chi connectivity index (χ3v) is 7.43. The number of benzene rings is 2. The third kappa shape index (κ3) is 3.11. The van der Waals surface area contributed by atoms with E-state index in [-0.39, 0.29) is 5.37 Å². The van der Waals surface area contributed by atoms with E-state index in [4.69, 9.17) is 0 Å². The molecule has 116 valence electrons. The first-order valence-corrected chi connectivity index (χ1v) is 10.2. The fourth-order valence-corrected chi connectivity index (χ4v) is 5.94. The molecule has 1 unspecified atom stereocenters. The monoisotopic (exact) mass is 397 g/mol. The van der Waals surface area contributed by atoms with Crippen molar-refractivity contribution >= 4 is 37.7 Å². The minimum absolute atomic E-state index is 0.153. The van der Waals surface area contributed by atoms with Gasteiger partial charge in [0.15, 0.2) is 0 Å². The Morgan fingerprint density at radius 3 is 2.36 bits per heavy atom. The van der Waals surface area contributed by atoms with Crippen LogP contribution in [0.25, 0.3) is 0 Å². The van der Waals surface area contributed by atoms with Crippen molar-refractivity contribution in [1.82, 2.24) is 4.31 Å². The lowest BCUT2D eigenvalue weighted by Gasteiger charge is -2.23. The van der Waals surface area contributed by atoms with Crippen molar-refractivity contribution in [2.75, 3.05) is 12.3 Å². The van der Waals surface area contributed by atoms with Gasteiger partial charge in [-0.2, -0.15) is 4.31 Å². The van der Waals surface area contributed by atoms with Crippen LogP contribution in [0.2, 0.25) is 0 Å². The van der Waals surface area contributed by atoms with Crippen LogP contribution < -0.4 is 0 Å². The molecule has 3 nitrogen and oxygen atoms in total. The summed E-state index contributed by atoms with van der Waals surface area (Å²) in [5, 5.41) is -0.153. The van der Waals surface area contributed by atoms with Crippen LogP contribution in [0.15, 0.2) is 57.9 Å². The molecule has 2 aromatic carbocycles. The second kappa shape index (κ2) is 6.35. The van der Waals surface area contributed by atoms with Gasteiger partial charge in [0.1, 0.15) is 0 Å². The number of halogens is 1. The predicted octanol–water partition coefficient (Wildman–Crippen LogP) is 4.19. The van der Waals surface area contributed by atoms with Crippen molar-refractivity contribution < 1.29 is 8.42 Å². The minimum atomic E-state index is -3.46. The lowest BCUT2D eigenvalue weighted by atomic mass is 10.2. The maximum Gasteiger partial charge on any atom is 0.244 e. The molecule has 0 bridgehead atoms. The normalized spacial score (nSPS) is 19.5. The van der Waals surface area contributed by atoms with E-state index in [1.165, 1.54) is 0 Å². The molecule has 1 aliphatic heterocycles. The molecule has 0 N–H and O–H groups in total. The summed E-state index contributed by atoms with van der Waals surface area (Å²) in [6, 6.07) is 14.9. The Kier molecular flexibility index (Phi) is 4.64. The highest BCUT2D eigenvalue weighted by atomic mass is 79.9. The van der Waals surface area contributed by atoms with Crippen molar-refractivity contribution in [3.63, 3.8) is 0 Å². The van der Waals surface area contributed by atoms with Crippen molar-refractivity contribution in [2.24, 2.45) is 0 Å². The molecule has 1 fully saturated rings. The molecule has 0 aliphatic carbocycles. The van der Waals surface area contributed by atoms with E-state index in [1.807, 2.05) is 43.3 Å². The zero-order valence-electron chi connectivity index (χ0n) is 12.1. The highest BCUT2D eigenvalue weighted by Gasteiger charge is 2.36. The lowest BCUT2D eigenvalue weighted by molar-refractivity contribution is 0.434. The van der Waals surface area contributed by atoms with Crippen LogP contribution in [0.5, 0.6) is 0 Å². The summed E-state index contributed by atoms with van der Waals surface area (Å²) in [6.45, 7) is 2.49. The molecular weight excluding hydrogens is 382 g/mol. The average molecular weight is 398 g/mol. The molecule has 0 radical (unpaired) electrons. The zero-order chi connectivity index (χ0) is 15.7.